The lowest BCUT2D eigenvalue weighted by atomic mass is 9.97. The van der Waals surface area contributed by atoms with Crippen LogP contribution in [-0.2, 0) is 0 Å². The van der Waals surface area contributed by atoms with Gasteiger partial charge in [0.15, 0.2) is 11.6 Å². The molecule has 1 nitrogen and oxygen atoms in total. The van der Waals surface area contributed by atoms with Gasteiger partial charge < -0.3 is 5.11 Å². The van der Waals surface area contributed by atoms with Gasteiger partial charge in [-0.25, -0.2) is 8.78 Å². The zero-order valence-electron chi connectivity index (χ0n) is 7.71. The Morgan fingerprint density at radius 3 is 2.64 bits per heavy atom. The van der Waals surface area contributed by atoms with Crippen molar-refractivity contribution >= 4 is 0 Å². The maximum absolute atomic E-state index is 13.3. The van der Waals surface area contributed by atoms with Crippen LogP contribution in [0.4, 0.5) is 8.78 Å². The largest absolute Gasteiger partial charge is 0.393 e. The van der Waals surface area contributed by atoms with Gasteiger partial charge in [0, 0.05) is 0 Å². The highest BCUT2D eigenvalue weighted by molar-refractivity contribution is 5.24. The van der Waals surface area contributed by atoms with Gasteiger partial charge in [0.2, 0.25) is 0 Å². The molecule has 0 radical (unpaired) electrons. The predicted octanol–water partition coefficient (Wildman–Crippen LogP) is 2.59. The van der Waals surface area contributed by atoms with Crippen LogP contribution in [0.25, 0.3) is 0 Å². The van der Waals surface area contributed by atoms with Gasteiger partial charge in [0.25, 0.3) is 0 Å². The smallest absolute Gasteiger partial charge is 0.162 e. The second-order valence-corrected chi connectivity index (χ2v) is 3.81. The zero-order chi connectivity index (χ0) is 10.1. The van der Waals surface area contributed by atoms with E-state index in [-0.39, 0.29) is 12.0 Å². The molecule has 0 amide bonds. The fourth-order valence-corrected chi connectivity index (χ4v) is 2.08. The summed E-state index contributed by atoms with van der Waals surface area (Å²) < 4.78 is 26.2. The molecule has 3 heteroatoms. The normalized spacial score (nSPS) is 26.8. The maximum atomic E-state index is 13.3. The number of hydrogen-bond donors (Lipinski definition) is 1. The quantitative estimate of drug-likeness (QED) is 0.735. The Balaban J connectivity index is 2.28. The molecule has 0 spiro atoms. The van der Waals surface area contributed by atoms with E-state index in [0.29, 0.717) is 18.4 Å². The zero-order valence-corrected chi connectivity index (χ0v) is 7.71. The van der Waals surface area contributed by atoms with Crippen molar-refractivity contribution in [1.29, 1.82) is 0 Å². The number of aliphatic hydroxyl groups excluding tert-OH is 1. The molecule has 0 heterocycles. The second-order valence-electron chi connectivity index (χ2n) is 3.81. The molecule has 2 unspecified atom stereocenters. The summed E-state index contributed by atoms with van der Waals surface area (Å²) in [6, 6.07) is 4.23. The molecule has 2 rings (SSSR count). The molecule has 1 aliphatic rings. The molecule has 1 aromatic carbocycles. The third kappa shape index (κ3) is 1.64. The minimum Gasteiger partial charge on any atom is -0.393 e. The van der Waals surface area contributed by atoms with Gasteiger partial charge in [0.05, 0.1) is 6.10 Å². The Kier molecular flexibility index (Phi) is 2.50. The van der Waals surface area contributed by atoms with Gasteiger partial charge in [-0.05, 0) is 36.8 Å². The summed E-state index contributed by atoms with van der Waals surface area (Å²) >= 11 is 0. The lowest BCUT2D eigenvalue weighted by Crippen LogP contribution is -2.02. The van der Waals surface area contributed by atoms with Crippen molar-refractivity contribution in [2.45, 2.75) is 31.3 Å². The fraction of sp³-hybridized carbons (Fsp3) is 0.455. The van der Waals surface area contributed by atoms with Crippen LogP contribution in [0.15, 0.2) is 18.2 Å². The second kappa shape index (κ2) is 3.65. The van der Waals surface area contributed by atoms with Gasteiger partial charge >= 0.3 is 0 Å². The molecular weight excluding hydrogens is 186 g/mol. The van der Waals surface area contributed by atoms with Gasteiger partial charge in [-0.15, -0.1) is 0 Å². The van der Waals surface area contributed by atoms with E-state index in [0.717, 1.165) is 12.5 Å². The van der Waals surface area contributed by atoms with Crippen molar-refractivity contribution in [1.82, 2.24) is 0 Å². The summed E-state index contributed by atoms with van der Waals surface area (Å²) in [5.41, 5.74) is 0.404. The first-order valence-electron chi connectivity index (χ1n) is 4.80. The van der Waals surface area contributed by atoms with Crippen molar-refractivity contribution in [2.24, 2.45) is 0 Å². The topological polar surface area (TPSA) is 20.2 Å². The van der Waals surface area contributed by atoms with E-state index >= 15 is 0 Å². The lowest BCUT2D eigenvalue weighted by molar-refractivity contribution is 0.181. The van der Waals surface area contributed by atoms with Crippen molar-refractivity contribution in [3.63, 3.8) is 0 Å². The standard InChI is InChI=1S/C11H12F2O/c12-10-3-1-2-9(11(10)13)7-4-5-8(14)6-7/h1-3,7-8,14H,4-6H2. The molecule has 1 fully saturated rings. The Labute approximate surface area is 81.4 Å². The first-order chi connectivity index (χ1) is 6.68. The SMILES string of the molecule is OC1CCC(c2cccc(F)c2F)C1. The van der Waals surface area contributed by atoms with E-state index in [1.165, 1.54) is 6.07 Å². The van der Waals surface area contributed by atoms with Crippen molar-refractivity contribution < 1.29 is 13.9 Å². The molecule has 1 N–H and O–H groups in total. The number of aliphatic hydroxyl groups is 1. The van der Waals surface area contributed by atoms with Crippen LogP contribution in [0.3, 0.4) is 0 Å². The first-order valence-corrected chi connectivity index (χ1v) is 4.80. The van der Waals surface area contributed by atoms with E-state index in [2.05, 4.69) is 0 Å². The Morgan fingerprint density at radius 1 is 1.21 bits per heavy atom. The summed E-state index contributed by atoms with van der Waals surface area (Å²) in [7, 11) is 0. The predicted molar refractivity (Wildman–Crippen MR) is 49.0 cm³/mol. The van der Waals surface area contributed by atoms with Crippen molar-refractivity contribution in [3.8, 4) is 0 Å². The van der Waals surface area contributed by atoms with Crippen molar-refractivity contribution in [3.05, 3.63) is 35.4 Å². The molecule has 1 aromatic rings. The summed E-state index contributed by atoms with van der Waals surface area (Å²) in [4.78, 5) is 0. The average Bonchev–Trinajstić information content (AvgIpc) is 2.57. The minimum absolute atomic E-state index is 0.0271. The molecular formula is C11H12F2O. The third-order valence-corrected chi connectivity index (χ3v) is 2.83. The van der Waals surface area contributed by atoms with E-state index in [1.54, 1.807) is 6.07 Å². The summed E-state index contributed by atoms with van der Waals surface area (Å²) in [5.74, 6) is -1.59. The van der Waals surface area contributed by atoms with E-state index in [9.17, 15) is 13.9 Å². The number of hydrogen-bond acceptors (Lipinski definition) is 1. The van der Waals surface area contributed by atoms with Crippen LogP contribution in [0.2, 0.25) is 0 Å². The van der Waals surface area contributed by atoms with Gasteiger partial charge in [0.1, 0.15) is 0 Å². The van der Waals surface area contributed by atoms with Gasteiger partial charge in [-0.1, -0.05) is 12.1 Å². The van der Waals surface area contributed by atoms with E-state index < -0.39 is 11.6 Å². The molecule has 1 aliphatic carbocycles. The Bertz CT molecular complexity index is 338. The summed E-state index contributed by atoms with van der Waals surface area (Å²) in [6.45, 7) is 0. The monoisotopic (exact) mass is 198 g/mol. The van der Waals surface area contributed by atoms with Gasteiger partial charge in [-0.3, -0.25) is 0 Å². The van der Waals surface area contributed by atoms with Crippen LogP contribution < -0.4 is 0 Å². The summed E-state index contributed by atoms with van der Waals surface area (Å²) in [6.07, 6.45) is 1.60. The highest BCUT2D eigenvalue weighted by Gasteiger charge is 2.26. The van der Waals surface area contributed by atoms with Crippen LogP contribution in [-0.4, -0.2) is 11.2 Å². The maximum Gasteiger partial charge on any atom is 0.162 e. The Hall–Kier alpha value is -0.960. The van der Waals surface area contributed by atoms with E-state index in [4.69, 9.17) is 0 Å². The first kappa shape index (κ1) is 9.59. The highest BCUT2D eigenvalue weighted by atomic mass is 19.2. The lowest BCUT2D eigenvalue weighted by Gasteiger charge is -2.10. The summed E-state index contributed by atoms with van der Waals surface area (Å²) in [5, 5.41) is 9.30. The fourth-order valence-electron chi connectivity index (χ4n) is 2.08. The van der Waals surface area contributed by atoms with Crippen molar-refractivity contribution in [2.75, 3.05) is 0 Å². The third-order valence-electron chi connectivity index (χ3n) is 2.83. The van der Waals surface area contributed by atoms with E-state index in [1.807, 2.05) is 0 Å². The molecule has 2 atom stereocenters. The number of benzene rings is 1. The average molecular weight is 198 g/mol. The molecule has 76 valence electrons. The molecule has 0 saturated heterocycles. The number of halogens is 2. The minimum atomic E-state index is -0.802. The molecule has 0 aliphatic heterocycles. The van der Waals surface area contributed by atoms with Crippen LogP contribution in [0, 0.1) is 11.6 Å². The van der Waals surface area contributed by atoms with Crippen LogP contribution >= 0.6 is 0 Å². The van der Waals surface area contributed by atoms with Crippen LogP contribution in [0.1, 0.15) is 30.7 Å². The molecule has 14 heavy (non-hydrogen) atoms. The van der Waals surface area contributed by atoms with Crippen LogP contribution in [0.5, 0.6) is 0 Å². The molecule has 0 aromatic heterocycles. The molecule has 1 saturated carbocycles. The molecule has 0 bridgehead atoms. The number of rotatable bonds is 1. The highest BCUT2D eigenvalue weighted by Crippen LogP contribution is 2.35. The van der Waals surface area contributed by atoms with Gasteiger partial charge in [-0.2, -0.15) is 0 Å². The Morgan fingerprint density at radius 2 is 2.00 bits per heavy atom.